The molecule has 4 aromatic rings. The Morgan fingerprint density at radius 3 is 2.26 bits per heavy atom. The van der Waals surface area contributed by atoms with Crippen molar-refractivity contribution in [1.29, 1.82) is 0 Å². The van der Waals surface area contributed by atoms with Crippen LogP contribution >= 0.6 is 11.8 Å². The second kappa shape index (κ2) is 15.0. The minimum absolute atomic E-state index is 0.0610. The minimum Gasteiger partial charge on any atom is -0.497 e. The normalized spacial score (nSPS) is 12.3. The monoisotopic (exact) mass is 654 g/mol. The second-order valence-corrected chi connectivity index (χ2v) is 11.3. The largest absolute Gasteiger partial charge is 0.573 e. The summed E-state index contributed by atoms with van der Waals surface area (Å²) < 4.78 is 53.4. The first-order chi connectivity index (χ1) is 21.8. The molecular weight excluding hydrogens is 621 g/mol. The van der Waals surface area contributed by atoms with E-state index in [0.717, 1.165) is 33.7 Å². The van der Waals surface area contributed by atoms with E-state index in [-0.39, 0.29) is 23.6 Å². The van der Waals surface area contributed by atoms with Gasteiger partial charge in [-0.05, 0) is 85.6 Å². The summed E-state index contributed by atoms with van der Waals surface area (Å²) in [5.41, 5.74) is 8.34. The molecule has 10 nitrogen and oxygen atoms in total. The van der Waals surface area contributed by atoms with Crippen LogP contribution in [0.1, 0.15) is 37.5 Å². The fraction of sp³-hybridized carbons (Fsp3) is 0.281. The van der Waals surface area contributed by atoms with Gasteiger partial charge in [-0.1, -0.05) is 38.1 Å². The van der Waals surface area contributed by atoms with Crippen LogP contribution in [0.3, 0.4) is 0 Å². The molecule has 0 unspecified atom stereocenters. The van der Waals surface area contributed by atoms with Crippen molar-refractivity contribution >= 4 is 34.3 Å². The lowest BCUT2D eigenvalue weighted by atomic mass is 10.1. The van der Waals surface area contributed by atoms with Crippen molar-refractivity contribution in [2.45, 2.75) is 41.0 Å². The molecule has 1 heterocycles. The van der Waals surface area contributed by atoms with Crippen LogP contribution in [0.25, 0.3) is 17.1 Å². The van der Waals surface area contributed by atoms with E-state index in [0.29, 0.717) is 22.4 Å². The first-order valence-corrected chi connectivity index (χ1v) is 15.0. The molecule has 1 aromatic heterocycles. The van der Waals surface area contributed by atoms with E-state index in [9.17, 15) is 18.0 Å². The van der Waals surface area contributed by atoms with E-state index in [4.69, 9.17) is 14.5 Å². The van der Waals surface area contributed by atoms with Gasteiger partial charge >= 0.3 is 12.3 Å². The Kier molecular flexibility index (Phi) is 11.1. The molecule has 0 aliphatic heterocycles. The van der Waals surface area contributed by atoms with Crippen LogP contribution in [0, 0.1) is 19.8 Å². The highest BCUT2D eigenvalue weighted by atomic mass is 32.2. The van der Waals surface area contributed by atoms with Crippen LogP contribution in [0.4, 0.5) is 18.9 Å². The van der Waals surface area contributed by atoms with Crippen LogP contribution in [0.15, 0.2) is 77.1 Å². The van der Waals surface area contributed by atoms with E-state index < -0.39 is 6.36 Å². The molecule has 4 rings (SSSR count). The smallest absolute Gasteiger partial charge is 0.497 e. The Bertz CT molecular complexity index is 1700. The Hall–Kier alpha value is -4.85. The fourth-order valence-electron chi connectivity index (χ4n) is 4.09. The van der Waals surface area contributed by atoms with Crippen molar-refractivity contribution < 1.29 is 32.2 Å². The molecule has 46 heavy (non-hydrogen) atoms. The minimum atomic E-state index is -4.76. The zero-order valence-corrected chi connectivity index (χ0v) is 26.9. The molecule has 0 aliphatic rings. The number of hydrogen-bond donors (Lipinski definition) is 1. The Morgan fingerprint density at radius 2 is 1.67 bits per heavy atom. The number of thioether (sulfide) groups is 1. The first-order valence-electron chi connectivity index (χ1n) is 14.0. The van der Waals surface area contributed by atoms with E-state index in [1.54, 1.807) is 21.0 Å². The number of nitrogens with zero attached hydrogens (tertiary/aromatic N) is 5. The highest BCUT2D eigenvalue weighted by Gasteiger charge is 2.31. The number of rotatable bonds is 10. The number of halogens is 3. The van der Waals surface area contributed by atoms with Crippen molar-refractivity contribution in [3.63, 3.8) is 0 Å². The van der Waals surface area contributed by atoms with Gasteiger partial charge in [-0.2, -0.15) is 5.10 Å². The standard InChI is InChI=1S/C32H33F3N6O4S/c1-19(2)30(42)44-18-46-31(37-28-20(3)15-27(43-6)16-21(28)4)39-38-22(5)23-7-9-24(10-8-23)29-36-17-41(40-29)25-11-13-26(14-12-25)45-32(33,34)35/h7-17,19H,18H2,1-6H3,(H,37,39)/b38-22+. The molecule has 0 radical (unpaired) electrons. The Balaban J connectivity index is 1.48. The molecule has 0 saturated carbocycles. The lowest BCUT2D eigenvalue weighted by molar-refractivity contribution is -0.274. The molecule has 0 spiro atoms. The van der Waals surface area contributed by atoms with Crippen LogP contribution < -0.4 is 14.9 Å². The van der Waals surface area contributed by atoms with Gasteiger partial charge in [0.15, 0.2) is 11.0 Å². The lowest BCUT2D eigenvalue weighted by Gasteiger charge is -2.12. The molecule has 1 N–H and O–H groups in total. The van der Waals surface area contributed by atoms with Gasteiger partial charge in [0.25, 0.3) is 0 Å². The first kappa shape index (κ1) is 34.0. The van der Waals surface area contributed by atoms with Crippen LogP contribution in [0.5, 0.6) is 11.5 Å². The summed E-state index contributed by atoms with van der Waals surface area (Å²) in [4.78, 5) is 21.1. The van der Waals surface area contributed by atoms with E-state index >= 15 is 0 Å². The molecule has 3 aromatic carbocycles. The number of aromatic nitrogens is 3. The summed E-state index contributed by atoms with van der Waals surface area (Å²) in [6.07, 6.45) is -3.29. The summed E-state index contributed by atoms with van der Waals surface area (Å²) >= 11 is 1.21. The van der Waals surface area contributed by atoms with Crippen molar-refractivity contribution in [3.8, 4) is 28.6 Å². The summed E-state index contributed by atoms with van der Waals surface area (Å²) in [5.74, 6) is 0.343. The van der Waals surface area contributed by atoms with Crippen molar-refractivity contribution in [1.82, 2.24) is 20.2 Å². The number of carbonyl (C=O) groups excluding carboxylic acids is 1. The van der Waals surface area contributed by atoms with Gasteiger partial charge in [0, 0.05) is 5.56 Å². The van der Waals surface area contributed by atoms with Gasteiger partial charge in [-0.15, -0.1) is 18.3 Å². The highest BCUT2D eigenvalue weighted by Crippen LogP contribution is 2.30. The number of methoxy groups -OCH3 is 1. The molecule has 0 fully saturated rings. The molecule has 0 saturated heterocycles. The number of aryl methyl sites for hydroxylation is 2. The van der Waals surface area contributed by atoms with Gasteiger partial charge < -0.3 is 14.2 Å². The van der Waals surface area contributed by atoms with Crippen molar-refractivity contribution in [2.75, 3.05) is 13.0 Å². The van der Waals surface area contributed by atoms with Crippen LogP contribution in [-0.2, 0) is 9.53 Å². The fourth-order valence-corrected chi connectivity index (χ4v) is 4.64. The summed E-state index contributed by atoms with van der Waals surface area (Å²) in [6, 6.07) is 16.5. The average molecular weight is 655 g/mol. The third kappa shape index (κ3) is 9.33. The van der Waals surface area contributed by atoms with Gasteiger partial charge in [-0.3, -0.25) is 10.2 Å². The van der Waals surface area contributed by atoms with Gasteiger partial charge in [0.05, 0.1) is 30.1 Å². The molecular formula is C32H33F3N6O4S. The number of hydrazone groups is 1. The van der Waals surface area contributed by atoms with E-state index in [1.165, 1.54) is 47.0 Å². The predicted octanol–water partition coefficient (Wildman–Crippen LogP) is 7.35. The molecule has 0 atom stereocenters. The second-order valence-electron chi connectivity index (χ2n) is 10.3. The topological polar surface area (TPSA) is 112 Å². The average Bonchev–Trinajstić information content (AvgIpc) is 3.51. The third-order valence-corrected chi connectivity index (χ3v) is 7.18. The number of amidine groups is 1. The van der Waals surface area contributed by atoms with Crippen molar-refractivity contribution in [2.24, 2.45) is 16.0 Å². The number of esters is 1. The van der Waals surface area contributed by atoms with Gasteiger partial charge in [-0.25, -0.2) is 14.7 Å². The number of hydrogen-bond acceptors (Lipinski definition) is 9. The number of ether oxygens (including phenoxy) is 3. The number of carbonyl (C=O) groups is 1. The number of alkyl halides is 3. The molecule has 0 amide bonds. The van der Waals surface area contributed by atoms with E-state index in [1.807, 2.05) is 57.2 Å². The maximum absolute atomic E-state index is 12.4. The zero-order chi connectivity index (χ0) is 33.4. The molecule has 0 bridgehead atoms. The van der Waals surface area contributed by atoms with E-state index in [2.05, 4.69) is 25.3 Å². The predicted molar refractivity (Wildman–Crippen MR) is 172 cm³/mol. The number of nitrogens with one attached hydrogen (secondary N) is 1. The quantitative estimate of drug-likeness (QED) is 0.0621. The molecule has 0 aliphatic carbocycles. The highest BCUT2D eigenvalue weighted by molar-refractivity contribution is 8.13. The van der Waals surface area contributed by atoms with Crippen LogP contribution in [-0.4, -0.2) is 51.0 Å². The maximum atomic E-state index is 12.4. The SMILES string of the molecule is COc1cc(C)c(/N=C(/N/N=C(\C)c2ccc(-c3ncn(-c4ccc(OC(F)(F)F)cc4)n3)cc2)SCOC(=O)C(C)C)c(C)c1. The van der Waals surface area contributed by atoms with Gasteiger partial charge in [0.1, 0.15) is 23.8 Å². The zero-order valence-electron chi connectivity index (χ0n) is 26.0. The van der Waals surface area contributed by atoms with Crippen molar-refractivity contribution in [3.05, 3.63) is 83.7 Å². The third-order valence-electron chi connectivity index (χ3n) is 6.49. The molecule has 14 heteroatoms. The lowest BCUT2D eigenvalue weighted by Crippen LogP contribution is -2.19. The number of benzene rings is 3. The summed E-state index contributed by atoms with van der Waals surface area (Å²) in [5, 5.41) is 9.41. The van der Waals surface area contributed by atoms with Gasteiger partial charge in [0.2, 0.25) is 0 Å². The number of aliphatic imine (C=N–C) groups is 1. The maximum Gasteiger partial charge on any atom is 0.573 e. The summed E-state index contributed by atoms with van der Waals surface area (Å²) in [6.45, 7) is 9.25. The molecule has 242 valence electrons. The Labute approximate surface area is 268 Å². The summed E-state index contributed by atoms with van der Waals surface area (Å²) in [7, 11) is 1.61. The van der Waals surface area contributed by atoms with Crippen LogP contribution in [0.2, 0.25) is 0 Å². The Morgan fingerprint density at radius 1 is 1.02 bits per heavy atom.